The van der Waals surface area contributed by atoms with E-state index in [9.17, 15) is 17.6 Å². The van der Waals surface area contributed by atoms with E-state index in [-0.39, 0.29) is 18.7 Å². The lowest BCUT2D eigenvalue weighted by Crippen LogP contribution is -2.49. The van der Waals surface area contributed by atoms with Crippen LogP contribution in [0.5, 0.6) is 0 Å². The summed E-state index contributed by atoms with van der Waals surface area (Å²) in [6.07, 6.45) is 6.40. The van der Waals surface area contributed by atoms with E-state index in [1.54, 1.807) is 25.6 Å². The van der Waals surface area contributed by atoms with Crippen molar-refractivity contribution in [2.24, 2.45) is 0 Å². The van der Waals surface area contributed by atoms with Gasteiger partial charge in [-0.05, 0) is 42.3 Å². The molecule has 1 amide bonds. The highest BCUT2D eigenvalue weighted by Gasteiger charge is 2.31. The molecule has 3 aromatic rings. The molecule has 7 nitrogen and oxygen atoms in total. The number of nitrogens with zero attached hydrogens (tertiary/aromatic N) is 3. The first-order valence-electron chi connectivity index (χ1n) is 9.40. The van der Waals surface area contributed by atoms with Gasteiger partial charge in [0.25, 0.3) is 0 Å². The van der Waals surface area contributed by atoms with Crippen molar-refractivity contribution in [3.63, 3.8) is 0 Å². The van der Waals surface area contributed by atoms with Crippen LogP contribution in [0.4, 0.5) is 10.1 Å². The molecule has 9 heteroatoms. The normalized spacial score (nSPS) is 12.4. The van der Waals surface area contributed by atoms with Gasteiger partial charge in [-0.15, -0.1) is 0 Å². The van der Waals surface area contributed by atoms with Crippen molar-refractivity contribution in [2.75, 3.05) is 10.6 Å². The molecule has 2 aromatic carbocycles. The Balaban J connectivity index is 1.83. The zero-order valence-electron chi connectivity index (χ0n) is 16.7. The maximum absolute atomic E-state index is 13.3. The van der Waals surface area contributed by atoms with Crippen LogP contribution in [0.2, 0.25) is 0 Å². The standard InChI is InChI=1S/C21H23FN4O3S/c1-3-19(26(30(2,28)29)18-10-8-17(22)9-11-18)21(27)24-14-16-6-4-5-7-20(16)25-13-12-23-15-25/h4-13,15,19H,3,14H2,1-2H3,(H,24,27). The van der Waals surface area contributed by atoms with E-state index in [0.717, 1.165) is 21.8 Å². The quantitative estimate of drug-likeness (QED) is 0.596. The monoisotopic (exact) mass is 430 g/mol. The molecule has 30 heavy (non-hydrogen) atoms. The highest BCUT2D eigenvalue weighted by Crippen LogP contribution is 2.23. The number of carbonyl (C=O) groups excluding carboxylic acids is 1. The van der Waals surface area contributed by atoms with Crippen LogP contribution in [0.15, 0.2) is 67.3 Å². The first-order valence-corrected chi connectivity index (χ1v) is 11.2. The topological polar surface area (TPSA) is 84.3 Å². The molecule has 0 fully saturated rings. The van der Waals surface area contributed by atoms with E-state index >= 15 is 0 Å². The van der Waals surface area contributed by atoms with Crippen molar-refractivity contribution in [3.8, 4) is 5.69 Å². The molecular formula is C21H23FN4O3S. The summed E-state index contributed by atoms with van der Waals surface area (Å²) in [5, 5.41) is 2.83. The Morgan fingerprint density at radius 1 is 1.20 bits per heavy atom. The fourth-order valence-electron chi connectivity index (χ4n) is 3.26. The third-order valence-electron chi connectivity index (χ3n) is 4.64. The van der Waals surface area contributed by atoms with Gasteiger partial charge < -0.3 is 9.88 Å². The molecular weight excluding hydrogens is 407 g/mol. The van der Waals surface area contributed by atoms with Gasteiger partial charge in [0.15, 0.2) is 0 Å². The number of hydrogen-bond donors (Lipinski definition) is 1. The van der Waals surface area contributed by atoms with Gasteiger partial charge in [0.05, 0.1) is 24.0 Å². The van der Waals surface area contributed by atoms with Crippen LogP contribution in [0.3, 0.4) is 0 Å². The van der Waals surface area contributed by atoms with E-state index in [1.165, 1.54) is 24.3 Å². The number of nitrogens with one attached hydrogen (secondary N) is 1. The van der Waals surface area contributed by atoms with E-state index in [2.05, 4.69) is 10.3 Å². The number of halogens is 1. The van der Waals surface area contributed by atoms with Gasteiger partial charge in [-0.1, -0.05) is 25.1 Å². The molecule has 158 valence electrons. The average molecular weight is 431 g/mol. The Labute approximate surface area is 175 Å². The van der Waals surface area contributed by atoms with Crippen LogP contribution in [0.1, 0.15) is 18.9 Å². The lowest BCUT2D eigenvalue weighted by molar-refractivity contribution is -0.122. The van der Waals surface area contributed by atoms with Crippen molar-refractivity contribution >= 4 is 21.6 Å². The number of rotatable bonds is 8. The number of sulfonamides is 1. The molecule has 0 aliphatic rings. The predicted molar refractivity (Wildman–Crippen MR) is 113 cm³/mol. The summed E-state index contributed by atoms with van der Waals surface area (Å²) in [6, 6.07) is 11.6. The Morgan fingerprint density at radius 3 is 2.50 bits per heavy atom. The summed E-state index contributed by atoms with van der Waals surface area (Å²) in [7, 11) is -3.78. The van der Waals surface area contributed by atoms with Gasteiger partial charge in [-0.25, -0.2) is 17.8 Å². The average Bonchev–Trinajstić information content (AvgIpc) is 3.25. The minimum absolute atomic E-state index is 0.213. The lowest BCUT2D eigenvalue weighted by Gasteiger charge is -2.30. The summed E-state index contributed by atoms with van der Waals surface area (Å²) in [4.78, 5) is 17.0. The van der Waals surface area contributed by atoms with Crippen molar-refractivity contribution < 1.29 is 17.6 Å². The molecule has 0 saturated carbocycles. The molecule has 1 unspecified atom stereocenters. The SMILES string of the molecule is CCC(C(=O)NCc1ccccc1-n1ccnc1)N(c1ccc(F)cc1)S(C)(=O)=O. The Bertz CT molecular complexity index is 1100. The first-order chi connectivity index (χ1) is 14.3. The molecule has 0 aliphatic heterocycles. The molecule has 0 saturated heterocycles. The Hall–Kier alpha value is -3.20. The van der Waals surface area contributed by atoms with Crippen LogP contribution in [0, 0.1) is 5.82 Å². The minimum atomic E-state index is -3.78. The Kier molecular flexibility index (Phi) is 6.51. The number of aromatic nitrogens is 2. The summed E-state index contributed by atoms with van der Waals surface area (Å²) >= 11 is 0. The largest absolute Gasteiger partial charge is 0.350 e. The second-order valence-electron chi connectivity index (χ2n) is 6.78. The number of para-hydroxylation sites is 1. The van der Waals surface area contributed by atoms with Crippen LogP contribution >= 0.6 is 0 Å². The number of imidazole rings is 1. The van der Waals surface area contributed by atoms with Gasteiger partial charge in [0, 0.05) is 18.9 Å². The van der Waals surface area contributed by atoms with E-state index < -0.39 is 27.8 Å². The summed E-state index contributed by atoms with van der Waals surface area (Å²) in [5.74, 6) is -0.923. The minimum Gasteiger partial charge on any atom is -0.350 e. The molecule has 0 aliphatic carbocycles. The van der Waals surface area contributed by atoms with Gasteiger partial charge >= 0.3 is 0 Å². The predicted octanol–water partition coefficient (Wildman–Crippen LogP) is 2.87. The maximum Gasteiger partial charge on any atom is 0.244 e. The molecule has 0 bridgehead atoms. The highest BCUT2D eigenvalue weighted by molar-refractivity contribution is 7.92. The molecule has 1 heterocycles. The zero-order chi connectivity index (χ0) is 21.7. The molecule has 0 radical (unpaired) electrons. The van der Waals surface area contributed by atoms with Crippen LogP contribution in [0.25, 0.3) is 5.69 Å². The molecule has 1 N–H and O–H groups in total. The second kappa shape index (κ2) is 9.08. The molecule has 3 rings (SSSR count). The number of anilines is 1. The Morgan fingerprint density at radius 2 is 1.90 bits per heavy atom. The van der Waals surface area contributed by atoms with Gasteiger partial charge in [-0.2, -0.15) is 0 Å². The van der Waals surface area contributed by atoms with Gasteiger partial charge in [0.2, 0.25) is 15.9 Å². The van der Waals surface area contributed by atoms with E-state index in [4.69, 9.17) is 0 Å². The zero-order valence-corrected chi connectivity index (χ0v) is 17.5. The number of amides is 1. The van der Waals surface area contributed by atoms with Crippen LogP contribution in [-0.4, -0.2) is 36.2 Å². The number of carbonyl (C=O) groups is 1. The lowest BCUT2D eigenvalue weighted by atomic mass is 10.1. The molecule has 1 aromatic heterocycles. The molecule has 1 atom stereocenters. The van der Waals surface area contributed by atoms with Crippen molar-refractivity contribution in [1.82, 2.24) is 14.9 Å². The highest BCUT2D eigenvalue weighted by atomic mass is 32.2. The molecule has 0 spiro atoms. The van der Waals surface area contributed by atoms with Crippen LogP contribution in [-0.2, 0) is 21.4 Å². The number of hydrogen-bond acceptors (Lipinski definition) is 4. The fraction of sp³-hybridized carbons (Fsp3) is 0.238. The van der Waals surface area contributed by atoms with Gasteiger partial charge in [0.1, 0.15) is 11.9 Å². The van der Waals surface area contributed by atoms with E-state index in [0.29, 0.717) is 0 Å². The summed E-state index contributed by atoms with van der Waals surface area (Å²) < 4.78 is 41.1. The van der Waals surface area contributed by atoms with Gasteiger partial charge in [-0.3, -0.25) is 9.10 Å². The smallest absolute Gasteiger partial charge is 0.244 e. The summed E-state index contributed by atoms with van der Waals surface area (Å²) in [6.45, 7) is 1.94. The second-order valence-corrected chi connectivity index (χ2v) is 8.64. The van der Waals surface area contributed by atoms with Crippen LogP contribution < -0.4 is 9.62 Å². The maximum atomic E-state index is 13.3. The summed E-state index contributed by atoms with van der Waals surface area (Å²) in [5.41, 5.74) is 1.95. The van der Waals surface area contributed by atoms with Crippen molar-refractivity contribution in [1.29, 1.82) is 0 Å². The third kappa shape index (κ3) is 4.85. The van der Waals surface area contributed by atoms with Crippen molar-refractivity contribution in [3.05, 3.63) is 78.6 Å². The first kappa shape index (κ1) is 21.5. The fourth-order valence-corrected chi connectivity index (χ4v) is 4.47. The van der Waals surface area contributed by atoms with E-state index in [1.807, 2.05) is 28.8 Å². The number of benzene rings is 2. The van der Waals surface area contributed by atoms with Crippen molar-refractivity contribution in [2.45, 2.75) is 25.9 Å². The third-order valence-corrected chi connectivity index (χ3v) is 5.82.